The van der Waals surface area contributed by atoms with Crippen molar-refractivity contribution < 1.29 is 23.1 Å². The Morgan fingerprint density at radius 3 is 2.39 bits per heavy atom. The number of rotatable bonds is 5. The van der Waals surface area contributed by atoms with Gasteiger partial charge in [0.05, 0.1) is 11.5 Å². The van der Waals surface area contributed by atoms with Gasteiger partial charge in [0.25, 0.3) is 5.91 Å². The molecule has 0 aromatic heterocycles. The van der Waals surface area contributed by atoms with Gasteiger partial charge in [-0.05, 0) is 18.6 Å². The molecule has 0 aliphatic rings. The number of hydrogen-bond acceptors (Lipinski definition) is 2. The molecule has 0 saturated carbocycles. The fraction of sp³-hybridized carbons (Fsp3) is 0.273. The molecule has 0 spiro atoms. The largest absolute Gasteiger partial charge is 0.396 e. The van der Waals surface area contributed by atoms with Crippen molar-refractivity contribution in [3.63, 3.8) is 0 Å². The molecule has 1 aromatic carbocycles. The van der Waals surface area contributed by atoms with E-state index in [2.05, 4.69) is 15.9 Å². The minimum Gasteiger partial charge on any atom is -0.396 e. The van der Waals surface area contributed by atoms with E-state index >= 15 is 0 Å². The normalized spacial score (nSPS) is 11.3. The highest BCUT2D eigenvalue weighted by molar-refractivity contribution is 9.10. The van der Waals surface area contributed by atoms with Crippen LogP contribution in [0.15, 0.2) is 16.6 Å². The summed E-state index contributed by atoms with van der Waals surface area (Å²) < 4.78 is 39.7. The Hall–Kier alpha value is -1.08. The van der Waals surface area contributed by atoms with Crippen LogP contribution in [-0.2, 0) is 0 Å². The molecule has 0 aliphatic carbocycles. The first-order chi connectivity index (χ1) is 8.38. The average molecular weight is 325 g/mol. The summed E-state index contributed by atoms with van der Waals surface area (Å²) in [4.78, 5) is 11.0. The van der Waals surface area contributed by atoms with Gasteiger partial charge in [0.15, 0.2) is 0 Å². The second-order valence-corrected chi connectivity index (χ2v) is 4.39. The molecule has 3 N–H and O–H groups in total. The molecule has 1 amide bonds. The summed E-state index contributed by atoms with van der Waals surface area (Å²) in [6.45, 7) is -0.544. The van der Waals surface area contributed by atoms with Crippen molar-refractivity contribution in [2.24, 2.45) is 5.73 Å². The third kappa shape index (κ3) is 3.23. The first kappa shape index (κ1) is 15.0. The zero-order valence-corrected chi connectivity index (χ0v) is 10.7. The lowest BCUT2D eigenvalue weighted by atomic mass is 9.94. The number of aliphatic hydroxyl groups is 1. The number of aliphatic hydroxyl groups excluding tert-OH is 1. The highest BCUT2D eigenvalue weighted by Crippen LogP contribution is 2.31. The van der Waals surface area contributed by atoms with Gasteiger partial charge in [-0.2, -0.15) is 0 Å². The molecule has 7 heteroatoms. The van der Waals surface area contributed by atoms with Gasteiger partial charge < -0.3 is 10.8 Å². The number of benzene rings is 1. The Morgan fingerprint density at radius 1 is 1.39 bits per heavy atom. The number of halogens is 4. The molecule has 0 aliphatic heterocycles. The van der Waals surface area contributed by atoms with Crippen LogP contribution in [0.3, 0.4) is 0 Å². The van der Waals surface area contributed by atoms with Crippen LogP contribution in [0.4, 0.5) is 13.2 Å². The van der Waals surface area contributed by atoms with E-state index in [-0.39, 0.29) is 10.9 Å². The van der Waals surface area contributed by atoms with Gasteiger partial charge in [0.2, 0.25) is 6.43 Å². The van der Waals surface area contributed by atoms with Gasteiger partial charge >= 0.3 is 0 Å². The Bertz CT molecular complexity index is 454. The molecule has 0 atom stereocenters. The molecule has 0 fully saturated rings. The van der Waals surface area contributed by atoms with Gasteiger partial charge in [0, 0.05) is 16.6 Å². The number of carbonyl (C=O) groups excluding carboxylic acids is 1. The Morgan fingerprint density at radius 2 is 1.94 bits per heavy atom. The van der Waals surface area contributed by atoms with Gasteiger partial charge in [0.1, 0.15) is 5.82 Å². The maximum absolute atomic E-state index is 13.9. The zero-order valence-electron chi connectivity index (χ0n) is 9.09. The van der Waals surface area contributed by atoms with Crippen LogP contribution < -0.4 is 5.73 Å². The van der Waals surface area contributed by atoms with E-state index < -0.39 is 41.8 Å². The molecule has 1 aromatic rings. The minimum absolute atomic E-state index is 0.254. The minimum atomic E-state index is -2.93. The van der Waals surface area contributed by atoms with Crippen LogP contribution in [0.25, 0.3) is 0 Å². The number of amides is 1. The zero-order chi connectivity index (χ0) is 13.9. The summed E-state index contributed by atoms with van der Waals surface area (Å²) in [5, 5.41) is 8.71. The van der Waals surface area contributed by atoms with E-state index in [9.17, 15) is 18.0 Å². The van der Waals surface area contributed by atoms with Crippen LogP contribution in [0.5, 0.6) is 0 Å². The number of alkyl halides is 2. The lowest BCUT2D eigenvalue weighted by Crippen LogP contribution is -2.19. The van der Waals surface area contributed by atoms with Crippen molar-refractivity contribution in [2.75, 3.05) is 6.61 Å². The number of nitrogens with two attached hydrogens (primary N) is 1. The van der Waals surface area contributed by atoms with Gasteiger partial charge in [-0.1, -0.05) is 15.9 Å². The van der Waals surface area contributed by atoms with Crippen LogP contribution >= 0.6 is 15.9 Å². The van der Waals surface area contributed by atoms with Gasteiger partial charge in [-0.15, -0.1) is 0 Å². The molecule has 3 nitrogen and oxygen atoms in total. The van der Waals surface area contributed by atoms with Crippen LogP contribution in [0.2, 0.25) is 0 Å². The summed E-state index contributed by atoms with van der Waals surface area (Å²) in [7, 11) is 0. The van der Waals surface area contributed by atoms with Crippen LogP contribution in [0, 0.1) is 11.7 Å². The Balaban J connectivity index is 3.33. The highest BCUT2D eigenvalue weighted by atomic mass is 79.9. The molecule has 0 unspecified atom stereocenters. The maximum Gasteiger partial charge on any atom is 0.251 e. The average Bonchev–Trinajstić information content (AvgIpc) is 2.28. The second-order valence-electron chi connectivity index (χ2n) is 3.48. The monoisotopic (exact) mass is 324 g/mol. The first-order valence-electron chi connectivity index (χ1n) is 4.92. The Labute approximate surface area is 110 Å². The summed E-state index contributed by atoms with van der Waals surface area (Å²) >= 11 is 2.99. The van der Waals surface area contributed by atoms with E-state index in [1.165, 1.54) is 0 Å². The maximum atomic E-state index is 13.9. The summed E-state index contributed by atoms with van der Waals surface area (Å²) in [6.07, 6.45) is -3.31. The lowest BCUT2D eigenvalue weighted by molar-refractivity contribution is 0.0995. The molecule has 0 saturated heterocycles. The number of hydrogen-bond donors (Lipinski definition) is 2. The van der Waals surface area contributed by atoms with Crippen molar-refractivity contribution in [3.8, 4) is 0 Å². The van der Waals surface area contributed by atoms with Crippen LogP contribution in [-0.4, -0.2) is 24.0 Å². The molecule has 1 radical (unpaired) electrons. The summed E-state index contributed by atoms with van der Waals surface area (Å²) in [5.74, 6) is -2.72. The number of carbonyl (C=O) groups is 1. The smallest absolute Gasteiger partial charge is 0.251 e. The van der Waals surface area contributed by atoms with Gasteiger partial charge in [-0.25, -0.2) is 13.2 Å². The number of primary amides is 1. The second kappa shape index (κ2) is 6.19. The van der Waals surface area contributed by atoms with Crippen molar-refractivity contribution >= 4 is 21.8 Å². The van der Waals surface area contributed by atoms with E-state index in [1.807, 2.05) is 0 Å². The molecule has 1 rings (SSSR count). The molecule has 0 heterocycles. The van der Waals surface area contributed by atoms with Crippen molar-refractivity contribution in [2.45, 2.75) is 12.8 Å². The van der Waals surface area contributed by atoms with E-state index in [1.54, 1.807) is 0 Å². The quantitative estimate of drug-likeness (QED) is 0.872. The van der Waals surface area contributed by atoms with Crippen LogP contribution in [0.1, 0.15) is 22.3 Å². The summed E-state index contributed by atoms with van der Waals surface area (Å²) in [5.41, 5.74) is 4.07. The third-order valence-electron chi connectivity index (χ3n) is 2.29. The molecular weight excluding hydrogens is 315 g/mol. The molecule has 18 heavy (non-hydrogen) atoms. The van der Waals surface area contributed by atoms with E-state index in [4.69, 9.17) is 10.8 Å². The van der Waals surface area contributed by atoms with E-state index in [0.29, 0.717) is 0 Å². The van der Waals surface area contributed by atoms with Crippen molar-refractivity contribution in [3.05, 3.63) is 39.5 Å². The fourth-order valence-corrected chi connectivity index (χ4v) is 1.94. The highest BCUT2D eigenvalue weighted by Gasteiger charge is 2.28. The molecule has 99 valence electrons. The van der Waals surface area contributed by atoms with Crippen molar-refractivity contribution in [1.29, 1.82) is 0 Å². The SMILES string of the molecule is NC(=O)c1cc(Br)cc([C](CCO)C(F)F)c1F. The lowest BCUT2D eigenvalue weighted by Gasteiger charge is -2.16. The standard InChI is InChI=1S/C11H10BrF3NO2/c12-5-3-7(6(1-2-17)10(14)15)9(13)8(4-5)11(16)18/h3-4,10,17H,1-2H2,(H2,16,18). The Kier molecular flexibility index (Phi) is 5.15. The predicted octanol–water partition coefficient (Wildman–Crippen LogP) is 2.26. The molecular formula is C11H10BrF3NO2. The topological polar surface area (TPSA) is 63.3 Å². The molecule has 0 bridgehead atoms. The summed E-state index contributed by atoms with van der Waals surface area (Å²) in [6, 6.07) is 2.24. The first-order valence-corrected chi connectivity index (χ1v) is 5.71. The fourth-order valence-electron chi connectivity index (χ4n) is 1.48. The third-order valence-corrected chi connectivity index (χ3v) is 2.75. The van der Waals surface area contributed by atoms with Gasteiger partial charge in [-0.3, -0.25) is 4.79 Å². The van der Waals surface area contributed by atoms with E-state index in [0.717, 1.165) is 12.1 Å². The predicted molar refractivity (Wildman–Crippen MR) is 62.7 cm³/mol. The van der Waals surface area contributed by atoms with Crippen molar-refractivity contribution in [1.82, 2.24) is 0 Å².